The van der Waals surface area contributed by atoms with Gasteiger partial charge in [-0.15, -0.1) is 0 Å². The molecule has 0 atom stereocenters. The maximum absolute atomic E-state index is 12.7. The molecule has 2 aromatic carbocycles. The van der Waals surface area contributed by atoms with Gasteiger partial charge in [0.25, 0.3) is 0 Å². The number of anilines is 1. The Morgan fingerprint density at radius 1 is 1.10 bits per heavy atom. The molecule has 2 rings (SSSR count). The average molecular weight is 273 g/mol. The summed E-state index contributed by atoms with van der Waals surface area (Å²) in [5.74, 6) is -0.815. The summed E-state index contributed by atoms with van der Waals surface area (Å²) in [5, 5.41) is 2.47. The van der Waals surface area contributed by atoms with Gasteiger partial charge in [-0.2, -0.15) is 0 Å². The Balaban J connectivity index is 1.94. The van der Waals surface area contributed by atoms with Crippen molar-refractivity contribution < 1.29 is 18.7 Å². The van der Waals surface area contributed by atoms with Crippen molar-refractivity contribution in [1.82, 2.24) is 0 Å². The van der Waals surface area contributed by atoms with Gasteiger partial charge < -0.3 is 10.1 Å². The van der Waals surface area contributed by atoms with Crippen molar-refractivity contribution in [3.63, 3.8) is 0 Å². The molecule has 0 saturated carbocycles. The summed E-state index contributed by atoms with van der Waals surface area (Å²) in [6.45, 7) is 0.0768. The molecule has 1 N–H and O–H groups in total. The fourth-order valence-electron chi connectivity index (χ4n) is 1.58. The zero-order chi connectivity index (χ0) is 14.4. The molecule has 4 nitrogen and oxygen atoms in total. The van der Waals surface area contributed by atoms with Crippen molar-refractivity contribution in [3.8, 4) is 0 Å². The number of carbonyl (C=O) groups is 2. The van der Waals surface area contributed by atoms with Crippen LogP contribution in [0.1, 0.15) is 15.9 Å². The molecule has 0 saturated heterocycles. The molecule has 0 bridgehead atoms. The van der Waals surface area contributed by atoms with Crippen LogP contribution in [0.2, 0.25) is 0 Å². The Bertz CT molecular complexity index is 594. The van der Waals surface area contributed by atoms with Crippen LogP contribution in [0.15, 0.2) is 48.5 Å². The lowest BCUT2D eigenvalue weighted by molar-refractivity contribution is -0.105. The maximum atomic E-state index is 12.7. The first kappa shape index (κ1) is 13.7. The molecule has 1 amide bonds. The third-order valence-electron chi connectivity index (χ3n) is 2.63. The van der Waals surface area contributed by atoms with E-state index in [1.165, 1.54) is 12.1 Å². The molecule has 0 aliphatic heterocycles. The van der Waals surface area contributed by atoms with Crippen molar-refractivity contribution in [2.75, 3.05) is 5.32 Å². The minimum absolute atomic E-state index is 0.0768. The predicted molar refractivity (Wildman–Crippen MR) is 71.6 cm³/mol. The maximum Gasteiger partial charge on any atom is 0.338 e. The van der Waals surface area contributed by atoms with Gasteiger partial charge in [0.1, 0.15) is 12.4 Å². The van der Waals surface area contributed by atoms with E-state index in [0.29, 0.717) is 23.2 Å². The van der Waals surface area contributed by atoms with E-state index in [4.69, 9.17) is 4.74 Å². The molecule has 2 aromatic rings. The van der Waals surface area contributed by atoms with Crippen LogP contribution in [0.25, 0.3) is 0 Å². The highest BCUT2D eigenvalue weighted by Gasteiger charge is 2.07. The van der Waals surface area contributed by atoms with Crippen LogP contribution in [0.4, 0.5) is 10.1 Å². The first-order valence-corrected chi connectivity index (χ1v) is 5.91. The van der Waals surface area contributed by atoms with E-state index in [-0.39, 0.29) is 12.4 Å². The van der Waals surface area contributed by atoms with Crippen LogP contribution in [0.5, 0.6) is 0 Å². The van der Waals surface area contributed by atoms with E-state index in [0.717, 1.165) is 0 Å². The quantitative estimate of drug-likeness (QED) is 0.673. The van der Waals surface area contributed by atoms with Gasteiger partial charge in [0.2, 0.25) is 6.41 Å². The number of benzene rings is 2. The van der Waals surface area contributed by atoms with Crippen molar-refractivity contribution in [1.29, 1.82) is 0 Å². The molecule has 0 radical (unpaired) electrons. The molecule has 0 aliphatic carbocycles. The Morgan fingerprint density at radius 2 is 1.75 bits per heavy atom. The van der Waals surface area contributed by atoms with Crippen molar-refractivity contribution in [2.24, 2.45) is 0 Å². The Morgan fingerprint density at radius 3 is 2.35 bits per heavy atom. The van der Waals surface area contributed by atoms with Crippen molar-refractivity contribution in [3.05, 3.63) is 65.5 Å². The van der Waals surface area contributed by atoms with Gasteiger partial charge in [-0.1, -0.05) is 12.1 Å². The highest BCUT2D eigenvalue weighted by atomic mass is 19.1. The number of carbonyl (C=O) groups excluding carboxylic acids is 2. The molecular weight excluding hydrogens is 261 g/mol. The molecule has 0 unspecified atom stereocenters. The second-order valence-electron chi connectivity index (χ2n) is 4.04. The third kappa shape index (κ3) is 3.65. The lowest BCUT2D eigenvalue weighted by Gasteiger charge is -2.05. The van der Waals surface area contributed by atoms with E-state index in [1.54, 1.807) is 36.4 Å². The van der Waals surface area contributed by atoms with E-state index < -0.39 is 5.97 Å². The van der Waals surface area contributed by atoms with E-state index in [9.17, 15) is 14.0 Å². The molecule has 0 fully saturated rings. The second-order valence-corrected chi connectivity index (χ2v) is 4.04. The number of nitrogens with one attached hydrogen (secondary N) is 1. The molecule has 20 heavy (non-hydrogen) atoms. The summed E-state index contributed by atoms with van der Waals surface area (Å²) in [6, 6.07) is 12.0. The van der Waals surface area contributed by atoms with Crippen molar-refractivity contribution in [2.45, 2.75) is 6.61 Å². The van der Waals surface area contributed by atoms with E-state index in [2.05, 4.69) is 5.32 Å². The molecule has 5 heteroatoms. The topological polar surface area (TPSA) is 55.4 Å². The Hall–Kier alpha value is -2.69. The van der Waals surface area contributed by atoms with Gasteiger partial charge in [0.15, 0.2) is 0 Å². The summed E-state index contributed by atoms with van der Waals surface area (Å²) in [5.41, 5.74) is 1.68. The summed E-state index contributed by atoms with van der Waals surface area (Å²) < 4.78 is 17.8. The SMILES string of the molecule is O=CNc1ccc(C(=O)OCc2ccc(F)cc2)cc1. The molecule has 0 aliphatic rings. The zero-order valence-electron chi connectivity index (χ0n) is 10.5. The number of amides is 1. The van der Waals surface area contributed by atoms with Gasteiger partial charge in [-0.3, -0.25) is 4.79 Å². The van der Waals surface area contributed by atoms with Gasteiger partial charge >= 0.3 is 5.97 Å². The van der Waals surface area contributed by atoms with Crippen LogP contribution >= 0.6 is 0 Å². The largest absolute Gasteiger partial charge is 0.457 e. The molecule has 0 spiro atoms. The first-order valence-electron chi connectivity index (χ1n) is 5.91. The molecule has 0 heterocycles. The minimum Gasteiger partial charge on any atom is -0.457 e. The van der Waals surface area contributed by atoms with Gasteiger partial charge in [-0.25, -0.2) is 9.18 Å². The van der Waals surface area contributed by atoms with E-state index in [1.807, 2.05) is 0 Å². The predicted octanol–water partition coefficient (Wildman–Crippen LogP) is 2.75. The molecule has 102 valence electrons. The number of ether oxygens (including phenoxy) is 1. The Kier molecular flexibility index (Phi) is 4.44. The summed E-state index contributed by atoms with van der Waals surface area (Å²) in [6.07, 6.45) is 0.557. The first-order chi connectivity index (χ1) is 9.69. The lowest BCUT2D eigenvalue weighted by Crippen LogP contribution is -2.05. The number of halogens is 1. The zero-order valence-corrected chi connectivity index (χ0v) is 10.5. The second kappa shape index (κ2) is 6.47. The van der Waals surface area contributed by atoms with E-state index >= 15 is 0 Å². The highest BCUT2D eigenvalue weighted by Crippen LogP contribution is 2.11. The third-order valence-corrected chi connectivity index (χ3v) is 2.63. The summed E-state index contributed by atoms with van der Waals surface area (Å²) >= 11 is 0. The van der Waals surface area contributed by atoms with Crippen LogP contribution in [0.3, 0.4) is 0 Å². The van der Waals surface area contributed by atoms with Gasteiger partial charge in [0, 0.05) is 5.69 Å². The summed E-state index contributed by atoms with van der Waals surface area (Å²) in [4.78, 5) is 22.0. The molecule has 0 aromatic heterocycles. The molecular formula is C15H12FNO3. The smallest absolute Gasteiger partial charge is 0.338 e. The fourth-order valence-corrected chi connectivity index (χ4v) is 1.58. The van der Waals surface area contributed by atoms with Crippen molar-refractivity contribution >= 4 is 18.1 Å². The fraction of sp³-hybridized carbons (Fsp3) is 0.0667. The average Bonchev–Trinajstić information content (AvgIpc) is 2.47. The lowest BCUT2D eigenvalue weighted by atomic mass is 10.2. The van der Waals surface area contributed by atoms with Crippen LogP contribution in [-0.4, -0.2) is 12.4 Å². The number of hydrogen-bond acceptors (Lipinski definition) is 3. The van der Waals surface area contributed by atoms with Crippen LogP contribution in [-0.2, 0) is 16.1 Å². The number of esters is 1. The standard InChI is InChI=1S/C15H12FNO3/c16-13-5-1-11(2-6-13)9-20-15(19)12-3-7-14(8-4-12)17-10-18/h1-8,10H,9H2,(H,17,18). The number of hydrogen-bond donors (Lipinski definition) is 1. The number of rotatable bonds is 5. The summed E-state index contributed by atoms with van der Waals surface area (Å²) in [7, 11) is 0. The normalized spacial score (nSPS) is 9.85. The van der Waals surface area contributed by atoms with Gasteiger partial charge in [0.05, 0.1) is 5.56 Å². The minimum atomic E-state index is -0.480. The van der Waals surface area contributed by atoms with Crippen LogP contribution < -0.4 is 5.32 Å². The highest BCUT2D eigenvalue weighted by molar-refractivity contribution is 5.90. The van der Waals surface area contributed by atoms with Crippen LogP contribution in [0, 0.1) is 5.82 Å². The van der Waals surface area contributed by atoms with Gasteiger partial charge in [-0.05, 0) is 42.0 Å². The monoisotopic (exact) mass is 273 g/mol. The Labute approximate surface area is 115 Å².